The van der Waals surface area contributed by atoms with Crippen molar-refractivity contribution in [2.45, 2.75) is 6.54 Å². The highest BCUT2D eigenvalue weighted by Crippen LogP contribution is 2.14. The molecule has 0 aromatic carbocycles. The quantitative estimate of drug-likeness (QED) is 0.716. The van der Waals surface area contributed by atoms with Crippen molar-refractivity contribution >= 4 is 17.8 Å². The molecule has 0 saturated carbocycles. The molecule has 0 saturated heterocycles. The summed E-state index contributed by atoms with van der Waals surface area (Å²) >= 11 is 1.66. The first-order chi connectivity index (χ1) is 6.90. The fourth-order valence-corrected chi connectivity index (χ4v) is 1.85. The summed E-state index contributed by atoms with van der Waals surface area (Å²) in [6.07, 6.45) is 3.38. The first-order valence-electron chi connectivity index (χ1n) is 4.04. The van der Waals surface area contributed by atoms with Crippen LogP contribution < -0.4 is 4.74 Å². The van der Waals surface area contributed by atoms with E-state index in [0.29, 0.717) is 19.0 Å². The van der Waals surface area contributed by atoms with Crippen LogP contribution in [0.1, 0.15) is 4.88 Å². The van der Waals surface area contributed by atoms with Gasteiger partial charge in [-0.25, -0.2) is 4.98 Å². The summed E-state index contributed by atoms with van der Waals surface area (Å²) in [5, 5.41) is 2.01. The number of carbonyl (C=O) groups is 1. The van der Waals surface area contributed by atoms with E-state index < -0.39 is 0 Å². The largest absolute Gasteiger partial charge is 0.394 e. The number of ether oxygens (including phenoxy) is 1. The van der Waals surface area contributed by atoms with Crippen LogP contribution in [0, 0.1) is 0 Å². The highest BCUT2D eigenvalue weighted by molar-refractivity contribution is 7.09. The normalized spacial score (nSPS) is 10.0. The molecule has 0 radical (unpaired) electrons. The highest BCUT2D eigenvalue weighted by Gasteiger charge is 2.04. The fraction of sp³-hybridized carbons (Fsp3) is 0.111. The number of thiophene rings is 1. The predicted octanol–water partition coefficient (Wildman–Crippen LogP) is 1.53. The standard InChI is InChI=1S/C9H8N2O2S/c12-7-13-9-10-3-4-11(9)6-8-2-1-5-14-8/h1-5,7H,6H2. The van der Waals surface area contributed by atoms with E-state index in [1.54, 1.807) is 28.3 Å². The number of hydrogen-bond acceptors (Lipinski definition) is 4. The molecule has 2 rings (SSSR count). The van der Waals surface area contributed by atoms with Crippen molar-refractivity contribution in [3.8, 4) is 6.01 Å². The minimum absolute atomic E-state index is 0.327. The molecule has 4 nitrogen and oxygen atoms in total. The summed E-state index contributed by atoms with van der Waals surface area (Å²) in [6.45, 7) is 1.06. The molecule has 0 fully saturated rings. The number of carbonyl (C=O) groups excluding carboxylic acids is 1. The van der Waals surface area contributed by atoms with Crippen LogP contribution in [0.15, 0.2) is 29.9 Å². The minimum atomic E-state index is 0.327. The van der Waals surface area contributed by atoms with Gasteiger partial charge >= 0.3 is 12.5 Å². The lowest BCUT2D eigenvalue weighted by atomic mass is 10.4. The van der Waals surface area contributed by atoms with Crippen molar-refractivity contribution in [3.63, 3.8) is 0 Å². The molecule has 0 aliphatic rings. The van der Waals surface area contributed by atoms with E-state index in [1.165, 1.54) is 4.88 Å². The van der Waals surface area contributed by atoms with E-state index in [9.17, 15) is 4.79 Å². The van der Waals surface area contributed by atoms with Gasteiger partial charge in [0.05, 0.1) is 6.54 Å². The molecular formula is C9H8N2O2S. The summed E-state index contributed by atoms with van der Waals surface area (Å²) < 4.78 is 6.48. The van der Waals surface area contributed by atoms with Crippen molar-refractivity contribution in [1.82, 2.24) is 9.55 Å². The number of nitrogens with zero attached hydrogens (tertiary/aromatic N) is 2. The number of imidazole rings is 1. The number of hydrogen-bond donors (Lipinski definition) is 0. The second-order valence-corrected chi connectivity index (χ2v) is 3.66. The Kier molecular flexibility index (Phi) is 2.60. The molecule has 0 aliphatic carbocycles. The Morgan fingerprint density at radius 3 is 3.29 bits per heavy atom. The van der Waals surface area contributed by atoms with Crippen LogP contribution in [-0.4, -0.2) is 16.0 Å². The molecule has 14 heavy (non-hydrogen) atoms. The summed E-state index contributed by atoms with van der Waals surface area (Å²) in [6, 6.07) is 4.33. The van der Waals surface area contributed by atoms with Gasteiger partial charge in [-0.2, -0.15) is 0 Å². The third-order valence-corrected chi connectivity index (χ3v) is 2.60. The van der Waals surface area contributed by atoms with E-state index in [-0.39, 0.29) is 0 Å². The van der Waals surface area contributed by atoms with Crippen LogP contribution in [0.4, 0.5) is 0 Å². The van der Waals surface area contributed by atoms with Crippen LogP contribution in [-0.2, 0) is 11.3 Å². The number of aromatic nitrogens is 2. The molecule has 2 aromatic heterocycles. The van der Waals surface area contributed by atoms with E-state index in [1.807, 2.05) is 17.5 Å². The average molecular weight is 208 g/mol. The van der Waals surface area contributed by atoms with Gasteiger partial charge in [-0.15, -0.1) is 11.3 Å². The maximum Gasteiger partial charge on any atom is 0.304 e. The smallest absolute Gasteiger partial charge is 0.304 e. The molecule has 2 heterocycles. The Morgan fingerprint density at radius 1 is 1.64 bits per heavy atom. The second kappa shape index (κ2) is 4.06. The van der Waals surface area contributed by atoms with Gasteiger partial charge in [-0.1, -0.05) is 6.07 Å². The van der Waals surface area contributed by atoms with Gasteiger partial charge in [-0.3, -0.25) is 9.36 Å². The zero-order valence-electron chi connectivity index (χ0n) is 7.29. The van der Waals surface area contributed by atoms with Crippen LogP contribution in [0.2, 0.25) is 0 Å². The topological polar surface area (TPSA) is 44.1 Å². The molecule has 72 valence electrons. The Hall–Kier alpha value is -1.62. The first-order valence-corrected chi connectivity index (χ1v) is 4.92. The summed E-state index contributed by atoms with van der Waals surface area (Å²) in [5.74, 6) is 0. The van der Waals surface area contributed by atoms with Crippen LogP contribution >= 0.6 is 11.3 Å². The predicted molar refractivity (Wildman–Crippen MR) is 52.3 cm³/mol. The van der Waals surface area contributed by atoms with E-state index >= 15 is 0 Å². The lowest BCUT2D eigenvalue weighted by molar-refractivity contribution is -0.121. The van der Waals surface area contributed by atoms with Gasteiger partial charge in [0, 0.05) is 17.3 Å². The van der Waals surface area contributed by atoms with Gasteiger partial charge < -0.3 is 4.74 Å². The third-order valence-electron chi connectivity index (χ3n) is 1.74. The van der Waals surface area contributed by atoms with Crippen molar-refractivity contribution < 1.29 is 9.53 Å². The molecule has 0 aliphatic heterocycles. The monoisotopic (exact) mass is 208 g/mol. The van der Waals surface area contributed by atoms with Crippen molar-refractivity contribution in [1.29, 1.82) is 0 Å². The Bertz CT molecular complexity index is 408. The third kappa shape index (κ3) is 1.82. The summed E-state index contributed by atoms with van der Waals surface area (Å²) in [7, 11) is 0. The molecule has 5 heteroatoms. The Labute approximate surface area is 84.8 Å². The summed E-state index contributed by atoms with van der Waals surface area (Å²) in [4.78, 5) is 15.2. The van der Waals surface area contributed by atoms with Crippen LogP contribution in [0.3, 0.4) is 0 Å². The average Bonchev–Trinajstić information content (AvgIpc) is 2.80. The molecule has 0 atom stereocenters. The van der Waals surface area contributed by atoms with Crippen LogP contribution in [0.5, 0.6) is 6.01 Å². The van der Waals surface area contributed by atoms with Crippen molar-refractivity contribution in [2.75, 3.05) is 0 Å². The summed E-state index contributed by atoms with van der Waals surface area (Å²) in [5.41, 5.74) is 0. The van der Waals surface area contributed by atoms with E-state index in [4.69, 9.17) is 4.74 Å². The van der Waals surface area contributed by atoms with Gasteiger partial charge in [0.15, 0.2) is 0 Å². The molecule has 2 aromatic rings. The highest BCUT2D eigenvalue weighted by atomic mass is 32.1. The first kappa shape index (κ1) is 8.96. The number of rotatable bonds is 4. The van der Waals surface area contributed by atoms with Gasteiger partial charge in [-0.05, 0) is 11.4 Å². The maximum atomic E-state index is 10.2. The zero-order valence-corrected chi connectivity index (χ0v) is 8.11. The fourth-order valence-electron chi connectivity index (χ4n) is 1.15. The molecule has 0 amide bonds. The van der Waals surface area contributed by atoms with Crippen molar-refractivity contribution in [2.24, 2.45) is 0 Å². The van der Waals surface area contributed by atoms with Crippen molar-refractivity contribution in [3.05, 3.63) is 34.8 Å². The van der Waals surface area contributed by atoms with E-state index in [2.05, 4.69) is 4.98 Å². The lowest BCUT2D eigenvalue weighted by Crippen LogP contribution is -2.01. The molecule has 0 N–H and O–H groups in total. The lowest BCUT2D eigenvalue weighted by Gasteiger charge is -2.02. The molecule has 0 spiro atoms. The SMILES string of the molecule is O=COc1nccn1Cc1cccs1. The second-order valence-electron chi connectivity index (χ2n) is 2.63. The molecule has 0 unspecified atom stereocenters. The van der Waals surface area contributed by atoms with Gasteiger partial charge in [0.25, 0.3) is 0 Å². The zero-order chi connectivity index (χ0) is 9.80. The Balaban J connectivity index is 2.16. The van der Waals surface area contributed by atoms with Crippen LogP contribution in [0.25, 0.3) is 0 Å². The molecular weight excluding hydrogens is 200 g/mol. The van der Waals surface area contributed by atoms with Gasteiger partial charge in [0.1, 0.15) is 0 Å². The minimum Gasteiger partial charge on any atom is -0.394 e. The molecule has 0 bridgehead atoms. The Morgan fingerprint density at radius 2 is 2.57 bits per heavy atom. The van der Waals surface area contributed by atoms with Gasteiger partial charge in [0.2, 0.25) is 0 Å². The van der Waals surface area contributed by atoms with E-state index in [0.717, 1.165) is 0 Å². The maximum absolute atomic E-state index is 10.2.